The van der Waals surface area contributed by atoms with Crippen LogP contribution in [0, 0.1) is 0 Å². The highest BCUT2D eigenvalue weighted by Crippen LogP contribution is 2.45. The average Bonchev–Trinajstić information content (AvgIpc) is 3.30. The number of imidazole rings is 1. The van der Waals surface area contributed by atoms with E-state index in [4.69, 9.17) is 4.98 Å². The molecule has 0 atom stereocenters. The number of carbonyl (C=O) groups excluding carboxylic acids is 1. The van der Waals surface area contributed by atoms with E-state index in [1.54, 1.807) is 18.7 Å². The number of anilines is 2. The zero-order valence-corrected chi connectivity index (χ0v) is 17.1. The van der Waals surface area contributed by atoms with E-state index in [0.29, 0.717) is 0 Å². The minimum Gasteiger partial charge on any atom is -0.355 e. The third kappa shape index (κ3) is 2.57. The van der Waals surface area contributed by atoms with Crippen molar-refractivity contribution in [1.82, 2.24) is 24.5 Å². The minimum absolute atomic E-state index is 0.109. The number of hydrogen-bond donors (Lipinski definition) is 1. The van der Waals surface area contributed by atoms with Gasteiger partial charge in [-0.3, -0.25) is 9.78 Å². The van der Waals surface area contributed by atoms with E-state index >= 15 is 0 Å². The van der Waals surface area contributed by atoms with Gasteiger partial charge in [-0.05, 0) is 36.6 Å². The molecule has 0 bridgehead atoms. The standard InChI is InChI=1S/C23H21N7O/c1-29-19(15-5-4-10-24-13-15)28-18-20(29)25-14-26-21(18)30-11-8-23(9-12-30)16-6-2-3-7-17(16)27-22(23)31/h2-7,10,13-14H,8-9,11-12H2,1H3,(H,27,31). The summed E-state index contributed by atoms with van der Waals surface area (Å²) in [5, 5.41) is 3.07. The van der Waals surface area contributed by atoms with Crippen LogP contribution in [0.3, 0.4) is 0 Å². The van der Waals surface area contributed by atoms with E-state index in [0.717, 1.165) is 65.6 Å². The molecule has 1 fully saturated rings. The Morgan fingerprint density at radius 2 is 1.90 bits per heavy atom. The first-order valence-electron chi connectivity index (χ1n) is 10.4. The molecule has 1 spiro atoms. The summed E-state index contributed by atoms with van der Waals surface area (Å²) in [5.74, 6) is 1.73. The Hall–Kier alpha value is -3.81. The molecule has 1 saturated heterocycles. The van der Waals surface area contributed by atoms with Crippen LogP contribution in [0.25, 0.3) is 22.6 Å². The number of aromatic nitrogens is 5. The van der Waals surface area contributed by atoms with Gasteiger partial charge in [0.1, 0.15) is 12.2 Å². The predicted octanol–water partition coefficient (Wildman–Crippen LogP) is 2.92. The Morgan fingerprint density at radius 3 is 2.71 bits per heavy atom. The molecule has 5 heterocycles. The van der Waals surface area contributed by atoms with Crippen LogP contribution < -0.4 is 10.2 Å². The van der Waals surface area contributed by atoms with E-state index in [1.807, 2.05) is 41.9 Å². The highest BCUT2D eigenvalue weighted by atomic mass is 16.2. The van der Waals surface area contributed by atoms with Crippen molar-refractivity contribution in [2.24, 2.45) is 7.05 Å². The fourth-order valence-electron chi connectivity index (χ4n) is 4.94. The fraction of sp³-hybridized carbons (Fsp3) is 0.261. The fourth-order valence-corrected chi connectivity index (χ4v) is 4.94. The number of pyridine rings is 1. The summed E-state index contributed by atoms with van der Waals surface area (Å²) in [7, 11) is 1.96. The number of fused-ring (bicyclic) bond motifs is 3. The molecule has 31 heavy (non-hydrogen) atoms. The van der Waals surface area contributed by atoms with E-state index in [1.165, 1.54) is 0 Å². The molecule has 1 N–H and O–H groups in total. The van der Waals surface area contributed by atoms with Crippen LogP contribution in [0.15, 0.2) is 55.1 Å². The summed E-state index contributed by atoms with van der Waals surface area (Å²) >= 11 is 0. The van der Waals surface area contributed by atoms with Crippen LogP contribution >= 0.6 is 0 Å². The molecule has 1 amide bonds. The largest absolute Gasteiger partial charge is 0.355 e. The first-order chi connectivity index (χ1) is 15.2. The molecular formula is C23H21N7O. The van der Waals surface area contributed by atoms with Crippen molar-refractivity contribution >= 4 is 28.6 Å². The summed E-state index contributed by atoms with van der Waals surface area (Å²) < 4.78 is 1.98. The van der Waals surface area contributed by atoms with E-state index in [9.17, 15) is 4.79 Å². The first kappa shape index (κ1) is 18.0. The van der Waals surface area contributed by atoms with Crippen molar-refractivity contribution in [1.29, 1.82) is 0 Å². The Bertz CT molecular complexity index is 1310. The third-order valence-corrected chi connectivity index (χ3v) is 6.60. The zero-order valence-electron chi connectivity index (χ0n) is 17.1. The summed E-state index contributed by atoms with van der Waals surface area (Å²) in [4.78, 5) is 33.3. The summed E-state index contributed by atoms with van der Waals surface area (Å²) in [6.07, 6.45) is 6.62. The number of rotatable bonds is 2. The highest BCUT2D eigenvalue weighted by molar-refractivity contribution is 6.06. The number of para-hydroxylation sites is 1. The van der Waals surface area contributed by atoms with Gasteiger partial charge < -0.3 is 14.8 Å². The van der Waals surface area contributed by atoms with Crippen molar-refractivity contribution in [2.45, 2.75) is 18.3 Å². The van der Waals surface area contributed by atoms with Gasteiger partial charge in [0.25, 0.3) is 0 Å². The second-order valence-electron chi connectivity index (χ2n) is 8.17. The molecule has 154 valence electrons. The lowest BCUT2D eigenvalue weighted by Crippen LogP contribution is -2.46. The molecule has 0 saturated carbocycles. The van der Waals surface area contributed by atoms with E-state index in [2.05, 4.69) is 31.2 Å². The molecular weight excluding hydrogens is 390 g/mol. The van der Waals surface area contributed by atoms with Crippen LogP contribution in [0.5, 0.6) is 0 Å². The summed E-state index contributed by atoms with van der Waals surface area (Å²) in [6.45, 7) is 1.46. The molecule has 3 aromatic heterocycles. The van der Waals surface area contributed by atoms with Gasteiger partial charge >= 0.3 is 0 Å². The van der Waals surface area contributed by atoms with Gasteiger partial charge in [-0.15, -0.1) is 0 Å². The monoisotopic (exact) mass is 411 g/mol. The number of nitrogens with zero attached hydrogens (tertiary/aromatic N) is 6. The molecule has 0 unspecified atom stereocenters. The summed E-state index contributed by atoms with van der Waals surface area (Å²) in [5.41, 5.74) is 4.10. The van der Waals surface area contributed by atoms with E-state index < -0.39 is 5.41 Å². The van der Waals surface area contributed by atoms with Gasteiger partial charge in [0, 0.05) is 43.8 Å². The third-order valence-electron chi connectivity index (χ3n) is 6.60. The Labute approximate surface area is 179 Å². The second kappa shape index (κ2) is 6.60. The van der Waals surface area contributed by atoms with Crippen molar-refractivity contribution in [3.8, 4) is 11.4 Å². The lowest BCUT2D eigenvalue weighted by Gasteiger charge is -2.38. The predicted molar refractivity (Wildman–Crippen MR) is 118 cm³/mol. The molecule has 2 aliphatic heterocycles. The zero-order chi connectivity index (χ0) is 21.0. The van der Waals surface area contributed by atoms with Gasteiger partial charge in [0.05, 0.1) is 5.41 Å². The molecule has 1 aromatic carbocycles. The molecule has 8 heteroatoms. The van der Waals surface area contributed by atoms with Crippen LogP contribution in [0.4, 0.5) is 11.5 Å². The van der Waals surface area contributed by atoms with Gasteiger partial charge in [-0.1, -0.05) is 18.2 Å². The molecule has 8 nitrogen and oxygen atoms in total. The molecule has 2 aliphatic rings. The molecule has 4 aromatic rings. The quantitative estimate of drug-likeness (QED) is 0.546. The van der Waals surface area contributed by atoms with Crippen molar-refractivity contribution in [3.63, 3.8) is 0 Å². The lowest BCUT2D eigenvalue weighted by molar-refractivity contribution is -0.121. The van der Waals surface area contributed by atoms with Crippen LogP contribution in [-0.4, -0.2) is 43.5 Å². The maximum Gasteiger partial charge on any atom is 0.235 e. The number of carbonyl (C=O) groups is 1. The van der Waals surface area contributed by atoms with Gasteiger partial charge in [0.2, 0.25) is 5.91 Å². The van der Waals surface area contributed by atoms with Gasteiger partial charge in [-0.25, -0.2) is 15.0 Å². The van der Waals surface area contributed by atoms with Crippen molar-refractivity contribution in [2.75, 3.05) is 23.3 Å². The van der Waals surface area contributed by atoms with Gasteiger partial charge in [0.15, 0.2) is 17.0 Å². The SMILES string of the molecule is Cn1c(-c2cccnc2)nc2c(N3CCC4(CC3)C(=O)Nc3ccccc34)ncnc21. The molecule has 0 radical (unpaired) electrons. The molecule has 6 rings (SSSR count). The number of hydrogen-bond acceptors (Lipinski definition) is 6. The lowest BCUT2D eigenvalue weighted by atomic mass is 9.73. The Balaban J connectivity index is 1.35. The highest BCUT2D eigenvalue weighted by Gasteiger charge is 2.48. The number of nitrogens with one attached hydrogen (secondary N) is 1. The normalized spacial score (nSPS) is 17.2. The topological polar surface area (TPSA) is 88.8 Å². The van der Waals surface area contributed by atoms with Crippen LogP contribution in [0.2, 0.25) is 0 Å². The van der Waals surface area contributed by atoms with Crippen molar-refractivity contribution in [3.05, 3.63) is 60.7 Å². The van der Waals surface area contributed by atoms with Gasteiger partial charge in [-0.2, -0.15) is 0 Å². The molecule has 0 aliphatic carbocycles. The number of aryl methyl sites for hydroxylation is 1. The first-order valence-corrected chi connectivity index (χ1v) is 10.4. The Morgan fingerprint density at radius 1 is 1.06 bits per heavy atom. The van der Waals surface area contributed by atoms with E-state index in [-0.39, 0.29) is 5.91 Å². The maximum absolute atomic E-state index is 12.9. The smallest absolute Gasteiger partial charge is 0.235 e. The minimum atomic E-state index is -0.454. The number of benzene rings is 1. The Kier molecular flexibility index (Phi) is 3.83. The number of piperidine rings is 1. The average molecular weight is 411 g/mol. The van der Waals surface area contributed by atoms with Crippen LogP contribution in [0.1, 0.15) is 18.4 Å². The maximum atomic E-state index is 12.9. The van der Waals surface area contributed by atoms with Crippen LogP contribution in [-0.2, 0) is 17.3 Å². The summed E-state index contributed by atoms with van der Waals surface area (Å²) in [6, 6.07) is 11.9. The van der Waals surface area contributed by atoms with Crippen molar-refractivity contribution < 1.29 is 4.79 Å². The number of amides is 1. The second-order valence-corrected chi connectivity index (χ2v) is 8.17.